The molecule has 5 aromatic rings. The first-order valence-electron chi connectivity index (χ1n) is 14.7. The van der Waals surface area contributed by atoms with Crippen LogP contribution in [0.2, 0.25) is 5.02 Å². The van der Waals surface area contributed by atoms with Gasteiger partial charge in [0.15, 0.2) is 11.5 Å². The van der Waals surface area contributed by atoms with E-state index in [9.17, 15) is 14.4 Å². The van der Waals surface area contributed by atoms with Gasteiger partial charge in [-0.25, -0.2) is 9.69 Å². The molecule has 236 valence electrons. The Bertz CT molecular complexity index is 2010. The molecule has 0 bridgehead atoms. The minimum absolute atomic E-state index is 0.216. The predicted octanol–water partition coefficient (Wildman–Crippen LogP) is 8.48. The molecule has 0 radical (unpaired) electrons. The van der Waals surface area contributed by atoms with Crippen molar-refractivity contribution in [2.75, 3.05) is 11.5 Å². The van der Waals surface area contributed by atoms with Gasteiger partial charge in [-0.05, 0) is 105 Å². The van der Waals surface area contributed by atoms with Crippen LogP contribution in [0.25, 0.3) is 16.8 Å². The quantitative estimate of drug-likeness (QED) is 0.115. The van der Waals surface area contributed by atoms with Crippen LogP contribution in [-0.4, -0.2) is 24.5 Å². The fourth-order valence-corrected chi connectivity index (χ4v) is 5.84. The molecule has 0 aromatic heterocycles. The summed E-state index contributed by atoms with van der Waals surface area (Å²) >= 11 is 9.52. The minimum atomic E-state index is -0.847. The first kappa shape index (κ1) is 31.8. The zero-order chi connectivity index (χ0) is 32.9. The number of urea groups is 1. The number of fused-ring (bicyclic) bond motifs is 1. The molecule has 0 aliphatic carbocycles. The summed E-state index contributed by atoms with van der Waals surface area (Å²) in [6.07, 6.45) is 1.42. The number of anilines is 1. The van der Waals surface area contributed by atoms with E-state index in [-0.39, 0.29) is 11.3 Å². The first-order chi connectivity index (χ1) is 22.8. The van der Waals surface area contributed by atoms with Crippen LogP contribution >= 0.6 is 27.5 Å². The zero-order valence-electron chi connectivity index (χ0n) is 25.2. The molecular formula is C37H28BrClN2O6. The van der Waals surface area contributed by atoms with Gasteiger partial charge in [0.1, 0.15) is 24.5 Å². The Hall–Kier alpha value is -5.12. The van der Waals surface area contributed by atoms with Gasteiger partial charge in [-0.2, -0.15) is 0 Å². The van der Waals surface area contributed by atoms with Gasteiger partial charge in [0.25, 0.3) is 11.8 Å². The normalized spacial score (nSPS) is 14.0. The molecular weight excluding hydrogens is 684 g/mol. The smallest absolute Gasteiger partial charge is 0.335 e. The summed E-state index contributed by atoms with van der Waals surface area (Å²) in [5, 5.41) is 5.10. The summed E-state index contributed by atoms with van der Waals surface area (Å²) in [6, 6.07) is 30.4. The Kier molecular flexibility index (Phi) is 9.56. The highest BCUT2D eigenvalue weighted by atomic mass is 79.9. The number of carbonyl (C=O) groups excluding carboxylic acids is 3. The van der Waals surface area contributed by atoms with Gasteiger partial charge >= 0.3 is 6.03 Å². The molecule has 8 nitrogen and oxygen atoms in total. The molecule has 1 aliphatic heterocycles. The van der Waals surface area contributed by atoms with Gasteiger partial charge in [0, 0.05) is 5.02 Å². The molecule has 1 aliphatic rings. The zero-order valence-corrected chi connectivity index (χ0v) is 27.5. The summed E-state index contributed by atoms with van der Waals surface area (Å²) in [7, 11) is 0. The molecule has 5 aromatic carbocycles. The lowest BCUT2D eigenvalue weighted by Gasteiger charge is -2.26. The average Bonchev–Trinajstić information content (AvgIpc) is 3.07. The van der Waals surface area contributed by atoms with Crippen molar-refractivity contribution in [2.24, 2.45) is 0 Å². The van der Waals surface area contributed by atoms with E-state index >= 15 is 0 Å². The van der Waals surface area contributed by atoms with Gasteiger partial charge < -0.3 is 14.2 Å². The SMILES string of the molecule is CCOc1cc(/C=C2\C(=O)NC(=O)N(c3ccc(OCc4ccc(Cl)cc4)cc3)C2=O)cc(Br)c1OCc1cccc2ccccc12. The third-order valence-electron chi connectivity index (χ3n) is 7.41. The van der Waals surface area contributed by atoms with Crippen LogP contribution in [-0.2, 0) is 22.8 Å². The van der Waals surface area contributed by atoms with Crippen LogP contribution in [0.1, 0.15) is 23.6 Å². The lowest BCUT2D eigenvalue weighted by molar-refractivity contribution is -0.122. The Morgan fingerprint density at radius 2 is 1.57 bits per heavy atom. The fraction of sp³-hybridized carbons (Fsp3) is 0.108. The van der Waals surface area contributed by atoms with Crippen molar-refractivity contribution in [3.05, 3.63) is 135 Å². The first-order valence-corrected chi connectivity index (χ1v) is 15.9. The van der Waals surface area contributed by atoms with Crippen LogP contribution in [0.5, 0.6) is 17.2 Å². The third-order valence-corrected chi connectivity index (χ3v) is 8.25. The van der Waals surface area contributed by atoms with Crippen LogP contribution in [0.4, 0.5) is 10.5 Å². The van der Waals surface area contributed by atoms with Crippen LogP contribution in [0.3, 0.4) is 0 Å². The van der Waals surface area contributed by atoms with Gasteiger partial charge in [-0.15, -0.1) is 0 Å². The number of imide groups is 2. The van der Waals surface area contributed by atoms with Crippen LogP contribution in [0, 0.1) is 0 Å². The molecule has 0 spiro atoms. The second-order valence-electron chi connectivity index (χ2n) is 10.6. The van der Waals surface area contributed by atoms with Gasteiger partial charge in [0.05, 0.1) is 16.8 Å². The Morgan fingerprint density at radius 3 is 2.34 bits per heavy atom. The molecule has 0 unspecified atom stereocenters. The summed E-state index contributed by atoms with van der Waals surface area (Å²) in [5.74, 6) is -0.115. The number of amides is 4. The molecule has 1 saturated heterocycles. The topological polar surface area (TPSA) is 94.2 Å². The number of nitrogens with zero attached hydrogens (tertiary/aromatic N) is 1. The molecule has 10 heteroatoms. The van der Waals surface area contributed by atoms with E-state index in [1.165, 1.54) is 6.08 Å². The monoisotopic (exact) mass is 710 g/mol. The predicted molar refractivity (Wildman–Crippen MR) is 185 cm³/mol. The van der Waals surface area contributed by atoms with Crippen LogP contribution in [0.15, 0.2) is 113 Å². The maximum Gasteiger partial charge on any atom is 0.335 e. The molecule has 0 atom stereocenters. The van der Waals surface area contributed by atoms with Crippen molar-refractivity contribution in [1.29, 1.82) is 0 Å². The summed E-state index contributed by atoms with van der Waals surface area (Å²) in [5.41, 5.74) is 2.50. The number of halogens is 2. The largest absolute Gasteiger partial charge is 0.490 e. The molecule has 4 amide bonds. The molecule has 47 heavy (non-hydrogen) atoms. The highest BCUT2D eigenvalue weighted by molar-refractivity contribution is 9.10. The van der Waals surface area contributed by atoms with Gasteiger partial charge in [-0.1, -0.05) is 66.2 Å². The second kappa shape index (κ2) is 14.1. The van der Waals surface area contributed by atoms with Gasteiger partial charge in [0.2, 0.25) is 0 Å². The van der Waals surface area contributed by atoms with E-state index in [0.717, 1.165) is 26.8 Å². The second-order valence-corrected chi connectivity index (χ2v) is 11.8. The van der Waals surface area contributed by atoms with Crippen LogP contribution < -0.4 is 24.4 Å². The fourth-order valence-electron chi connectivity index (χ4n) is 5.14. The van der Waals surface area contributed by atoms with Crippen molar-refractivity contribution in [3.63, 3.8) is 0 Å². The lowest BCUT2D eigenvalue weighted by atomic mass is 10.1. The standard InChI is InChI=1S/C37H28BrClN2O6/c1-2-45-33-20-24(19-32(38)34(33)47-22-26-8-5-7-25-6-3-4-9-30(25)26)18-31-35(42)40-37(44)41(36(31)43)28-14-16-29(17-15-28)46-21-23-10-12-27(39)13-11-23/h3-20H,2,21-22H2,1H3,(H,40,42,44)/b31-18+. The van der Waals surface area contributed by atoms with E-state index in [1.54, 1.807) is 48.5 Å². The average molecular weight is 712 g/mol. The van der Waals surface area contributed by atoms with E-state index in [1.807, 2.05) is 61.5 Å². The van der Waals surface area contributed by atoms with Crippen molar-refractivity contribution in [3.8, 4) is 17.2 Å². The lowest BCUT2D eigenvalue weighted by Crippen LogP contribution is -2.54. The number of carbonyl (C=O) groups is 3. The van der Waals surface area contributed by atoms with E-state index in [4.69, 9.17) is 25.8 Å². The van der Waals surface area contributed by atoms with E-state index in [0.29, 0.717) is 52.1 Å². The third kappa shape index (κ3) is 7.16. The van der Waals surface area contributed by atoms with Crippen molar-refractivity contribution >= 4 is 67.9 Å². The number of ether oxygens (including phenoxy) is 3. The Labute approximate surface area is 284 Å². The molecule has 1 fully saturated rings. The molecule has 1 N–H and O–H groups in total. The number of barbiturate groups is 1. The number of rotatable bonds is 10. The van der Waals surface area contributed by atoms with Crippen molar-refractivity contribution in [2.45, 2.75) is 20.1 Å². The Morgan fingerprint density at radius 1 is 0.830 bits per heavy atom. The number of nitrogens with one attached hydrogen (secondary N) is 1. The highest BCUT2D eigenvalue weighted by Gasteiger charge is 2.37. The van der Waals surface area contributed by atoms with Crippen molar-refractivity contribution < 1.29 is 28.6 Å². The number of hydrogen-bond acceptors (Lipinski definition) is 6. The number of benzene rings is 5. The number of hydrogen-bond donors (Lipinski definition) is 1. The van der Waals surface area contributed by atoms with Gasteiger partial charge in [-0.3, -0.25) is 14.9 Å². The molecule has 6 rings (SSSR count). The summed E-state index contributed by atoms with van der Waals surface area (Å²) < 4.78 is 18.5. The summed E-state index contributed by atoms with van der Waals surface area (Å²) in [4.78, 5) is 40.2. The Balaban J connectivity index is 1.22. The molecule has 1 heterocycles. The highest BCUT2D eigenvalue weighted by Crippen LogP contribution is 2.39. The summed E-state index contributed by atoms with van der Waals surface area (Å²) in [6.45, 7) is 2.82. The maximum atomic E-state index is 13.6. The van der Waals surface area contributed by atoms with E-state index in [2.05, 4.69) is 21.2 Å². The van der Waals surface area contributed by atoms with Crippen molar-refractivity contribution in [1.82, 2.24) is 5.32 Å². The maximum absolute atomic E-state index is 13.6. The van der Waals surface area contributed by atoms with E-state index < -0.39 is 17.8 Å². The molecule has 0 saturated carbocycles. The minimum Gasteiger partial charge on any atom is -0.490 e.